The Morgan fingerprint density at radius 3 is 2.59 bits per heavy atom. The predicted octanol–water partition coefficient (Wildman–Crippen LogP) is 2.07. The summed E-state index contributed by atoms with van der Waals surface area (Å²) in [6.45, 7) is 3.43. The summed E-state index contributed by atoms with van der Waals surface area (Å²) in [6.07, 6.45) is -0.465. The first-order valence-electron chi connectivity index (χ1n) is 5.65. The average Bonchev–Trinajstić information content (AvgIpc) is 2.29. The smallest absolute Gasteiger partial charge is 0.0772 e. The first-order valence-corrected chi connectivity index (χ1v) is 7.93. The minimum absolute atomic E-state index is 0.465. The van der Waals surface area contributed by atoms with Gasteiger partial charge in [-0.05, 0) is 24.6 Å². The highest BCUT2D eigenvalue weighted by Crippen LogP contribution is 2.28. The zero-order valence-electron chi connectivity index (χ0n) is 9.73. The van der Waals surface area contributed by atoms with Crippen molar-refractivity contribution in [2.24, 2.45) is 0 Å². The number of nitrogens with zero attached hydrogens (tertiary/aromatic N) is 1. The van der Waals surface area contributed by atoms with Crippen molar-refractivity contribution < 1.29 is 9.32 Å². The average molecular weight is 318 g/mol. The van der Waals surface area contributed by atoms with E-state index in [2.05, 4.69) is 20.8 Å². The predicted molar refractivity (Wildman–Crippen MR) is 74.9 cm³/mol. The molecule has 94 valence electrons. The van der Waals surface area contributed by atoms with Crippen molar-refractivity contribution in [2.75, 3.05) is 29.5 Å². The molecular weight excluding hydrogens is 302 g/mol. The van der Waals surface area contributed by atoms with Gasteiger partial charge in [-0.1, -0.05) is 22.0 Å². The second-order valence-corrected chi connectivity index (χ2v) is 6.77. The zero-order chi connectivity index (χ0) is 12.4. The monoisotopic (exact) mass is 317 g/mol. The third-order valence-corrected chi connectivity index (χ3v) is 4.94. The van der Waals surface area contributed by atoms with E-state index in [9.17, 15) is 9.32 Å². The molecule has 1 aromatic rings. The summed E-state index contributed by atoms with van der Waals surface area (Å²) >= 11 is 3.48. The Morgan fingerprint density at radius 1 is 1.41 bits per heavy atom. The largest absolute Gasteiger partial charge is 0.389 e. The van der Waals surface area contributed by atoms with Crippen LogP contribution in [-0.4, -0.2) is 33.9 Å². The summed E-state index contributed by atoms with van der Waals surface area (Å²) in [6, 6.07) is 5.98. The summed E-state index contributed by atoms with van der Waals surface area (Å²) in [4.78, 5) is 2.23. The highest BCUT2D eigenvalue weighted by atomic mass is 79.9. The molecule has 0 saturated carbocycles. The maximum atomic E-state index is 11.3. The van der Waals surface area contributed by atoms with Crippen LogP contribution in [0.25, 0.3) is 0 Å². The maximum Gasteiger partial charge on any atom is 0.0772 e. The molecule has 3 nitrogen and oxygen atoms in total. The van der Waals surface area contributed by atoms with Crippen LogP contribution in [0.2, 0.25) is 0 Å². The Kier molecular flexibility index (Phi) is 4.22. The molecule has 0 aromatic heterocycles. The summed E-state index contributed by atoms with van der Waals surface area (Å²) < 4.78 is 12.2. The number of hydrogen-bond donors (Lipinski definition) is 1. The highest BCUT2D eigenvalue weighted by Gasteiger charge is 2.16. The normalized spacial score (nSPS) is 19.4. The molecule has 0 spiro atoms. The highest BCUT2D eigenvalue weighted by molar-refractivity contribution is 9.10. The van der Waals surface area contributed by atoms with E-state index in [1.54, 1.807) is 6.92 Å². The fraction of sp³-hybridized carbons (Fsp3) is 0.500. The molecule has 1 aliphatic heterocycles. The third kappa shape index (κ3) is 3.09. The molecule has 0 radical (unpaired) electrons. The van der Waals surface area contributed by atoms with Gasteiger partial charge in [0, 0.05) is 45.6 Å². The van der Waals surface area contributed by atoms with Crippen LogP contribution in [-0.2, 0) is 10.8 Å². The molecule has 5 heteroatoms. The molecule has 0 amide bonds. The molecule has 1 fully saturated rings. The zero-order valence-corrected chi connectivity index (χ0v) is 12.1. The van der Waals surface area contributed by atoms with Crippen molar-refractivity contribution in [1.82, 2.24) is 0 Å². The number of halogens is 1. The molecule has 1 aliphatic rings. The van der Waals surface area contributed by atoms with Crippen molar-refractivity contribution in [2.45, 2.75) is 13.0 Å². The second-order valence-electron chi connectivity index (χ2n) is 4.22. The van der Waals surface area contributed by atoms with Gasteiger partial charge in [0.1, 0.15) is 0 Å². The van der Waals surface area contributed by atoms with Crippen LogP contribution in [0.15, 0.2) is 22.7 Å². The maximum absolute atomic E-state index is 11.3. The fourth-order valence-corrected chi connectivity index (χ4v) is 3.70. The Hall–Kier alpha value is -0.390. The van der Waals surface area contributed by atoms with Crippen LogP contribution >= 0.6 is 15.9 Å². The van der Waals surface area contributed by atoms with E-state index in [1.807, 2.05) is 18.2 Å². The van der Waals surface area contributed by atoms with Gasteiger partial charge in [0.25, 0.3) is 0 Å². The van der Waals surface area contributed by atoms with Gasteiger partial charge in [-0.2, -0.15) is 0 Å². The van der Waals surface area contributed by atoms with Crippen LogP contribution in [0.3, 0.4) is 0 Å². The molecule has 17 heavy (non-hydrogen) atoms. The molecule has 2 rings (SSSR count). The van der Waals surface area contributed by atoms with Gasteiger partial charge in [-0.25, -0.2) is 0 Å². The van der Waals surface area contributed by atoms with Crippen molar-refractivity contribution in [3.05, 3.63) is 28.2 Å². The number of aliphatic hydroxyl groups excluding tert-OH is 1. The quantitative estimate of drug-likeness (QED) is 0.907. The van der Waals surface area contributed by atoms with E-state index in [0.29, 0.717) is 0 Å². The second kappa shape index (κ2) is 5.50. The molecule has 0 aliphatic carbocycles. The van der Waals surface area contributed by atoms with Gasteiger partial charge in [-0.15, -0.1) is 0 Å². The standard InChI is InChI=1S/C12H16BrNO2S/c1-9(15)11-3-2-10(8-12(11)13)14-4-6-17(16)7-5-14/h2-3,8-9,15H,4-7H2,1H3. The first kappa shape index (κ1) is 13.1. The van der Waals surface area contributed by atoms with Gasteiger partial charge in [0.15, 0.2) is 0 Å². The van der Waals surface area contributed by atoms with Crippen LogP contribution in [0.5, 0.6) is 0 Å². The van der Waals surface area contributed by atoms with E-state index >= 15 is 0 Å². The molecule has 0 bridgehead atoms. The lowest BCUT2D eigenvalue weighted by Crippen LogP contribution is -2.37. The van der Waals surface area contributed by atoms with E-state index in [0.717, 1.165) is 40.3 Å². The van der Waals surface area contributed by atoms with E-state index < -0.39 is 16.9 Å². The molecule has 1 saturated heterocycles. The van der Waals surface area contributed by atoms with Crippen molar-refractivity contribution in [3.63, 3.8) is 0 Å². The minimum Gasteiger partial charge on any atom is -0.389 e. The van der Waals surface area contributed by atoms with Crippen LogP contribution in [0, 0.1) is 0 Å². The molecule has 1 unspecified atom stereocenters. The lowest BCUT2D eigenvalue weighted by atomic mass is 10.1. The van der Waals surface area contributed by atoms with Gasteiger partial charge >= 0.3 is 0 Å². The fourth-order valence-electron chi connectivity index (χ4n) is 1.95. The SMILES string of the molecule is CC(O)c1ccc(N2CCS(=O)CC2)cc1Br. The van der Waals surface area contributed by atoms with E-state index in [-0.39, 0.29) is 0 Å². The van der Waals surface area contributed by atoms with E-state index in [1.165, 1.54) is 0 Å². The van der Waals surface area contributed by atoms with Crippen molar-refractivity contribution >= 4 is 32.4 Å². The van der Waals surface area contributed by atoms with Crippen LogP contribution in [0.1, 0.15) is 18.6 Å². The van der Waals surface area contributed by atoms with Gasteiger partial charge in [0.2, 0.25) is 0 Å². The third-order valence-electron chi connectivity index (χ3n) is 2.98. The number of rotatable bonds is 2. The Bertz CT molecular complexity index is 427. The summed E-state index contributed by atoms with van der Waals surface area (Å²) in [5.74, 6) is 1.49. The lowest BCUT2D eigenvalue weighted by molar-refractivity contribution is 0.198. The number of aliphatic hydroxyl groups is 1. The number of anilines is 1. The summed E-state index contributed by atoms with van der Waals surface area (Å²) in [5, 5.41) is 9.56. The summed E-state index contributed by atoms with van der Waals surface area (Å²) in [5.41, 5.74) is 2.02. The number of hydrogen-bond acceptors (Lipinski definition) is 3. The van der Waals surface area contributed by atoms with Gasteiger partial charge in [0.05, 0.1) is 6.10 Å². The van der Waals surface area contributed by atoms with Gasteiger partial charge < -0.3 is 10.0 Å². The first-order chi connectivity index (χ1) is 8.08. The Morgan fingerprint density at radius 2 is 2.06 bits per heavy atom. The van der Waals surface area contributed by atoms with Crippen LogP contribution in [0.4, 0.5) is 5.69 Å². The van der Waals surface area contributed by atoms with Gasteiger partial charge in [-0.3, -0.25) is 4.21 Å². The molecular formula is C12H16BrNO2S. The number of benzene rings is 1. The minimum atomic E-state index is -0.645. The topological polar surface area (TPSA) is 40.5 Å². The summed E-state index contributed by atoms with van der Waals surface area (Å²) in [7, 11) is -0.645. The van der Waals surface area contributed by atoms with E-state index in [4.69, 9.17) is 0 Å². The Balaban J connectivity index is 2.17. The molecule has 1 aromatic carbocycles. The van der Waals surface area contributed by atoms with Crippen LogP contribution < -0.4 is 4.90 Å². The molecule has 1 heterocycles. The lowest BCUT2D eigenvalue weighted by Gasteiger charge is -2.29. The van der Waals surface area contributed by atoms with Crippen molar-refractivity contribution in [3.8, 4) is 0 Å². The Labute approximate surface area is 112 Å². The van der Waals surface area contributed by atoms with Crippen molar-refractivity contribution in [1.29, 1.82) is 0 Å². The molecule has 1 N–H and O–H groups in total. The molecule has 1 atom stereocenters.